The Balaban J connectivity index is 0.000000339. The number of benzene rings is 2. The van der Waals surface area contributed by atoms with Gasteiger partial charge in [-0.3, -0.25) is 14.4 Å². The summed E-state index contributed by atoms with van der Waals surface area (Å²) in [5.41, 5.74) is 7.34. The molecule has 0 spiro atoms. The van der Waals surface area contributed by atoms with E-state index in [4.69, 9.17) is 19.9 Å². The Kier molecular flexibility index (Phi) is 11.8. The number of carbonyl (C=O) groups is 3. The second kappa shape index (κ2) is 15.5. The fourth-order valence-electron chi connectivity index (χ4n) is 5.75. The van der Waals surface area contributed by atoms with Crippen LogP contribution in [-0.4, -0.2) is 76.4 Å². The fourth-order valence-corrected chi connectivity index (χ4v) is 5.75. The van der Waals surface area contributed by atoms with Crippen molar-refractivity contribution in [1.29, 1.82) is 0 Å². The van der Waals surface area contributed by atoms with Gasteiger partial charge in [0, 0.05) is 58.8 Å². The Morgan fingerprint density at radius 1 is 1.02 bits per heavy atom. The number of fused-ring (bicyclic) bond motifs is 1. The number of amides is 3. The molecular formula is C34H48N4O6. The lowest BCUT2D eigenvalue weighted by atomic mass is 9.89. The topological polar surface area (TPSA) is 123 Å². The molecule has 2 fully saturated rings. The first kappa shape index (κ1) is 33.4. The third-order valence-corrected chi connectivity index (χ3v) is 8.28. The highest BCUT2D eigenvalue weighted by Crippen LogP contribution is 2.43. The van der Waals surface area contributed by atoms with E-state index in [0.29, 0.717) is 50.5 Å². The molecule has 240 valence electrons. The summed E-state index contributed by atoms with van der Waals surface area (Å²) in [6.45, 7) is 6.46. The van der Waals surface area contributed by atoms with Crippen LogP contribution in [0.25, 0.3) is 0 Å². The SMILES string of the molecule is COCCCN1C(=O)C(C)(C)Oc2ccc(N(C(=O)C3CNCC(C(N)=O)C3)C3CC3)cc21.COCCCc1ccccc1. The van der Waals surface area contributed by atoms with Crippen molar-refractivity contribution in [3.63, 3.8) is 0 Å². The molecule has 44 heavy (non-hydrogen) atoms. The van der Waals surface area contributed by atoms with E-state index in [1.54, 1.807) is 33.0 Å². The number of piperidine rings is 1. The maximum absolute atomic E-state index is 13.6. The summed E-state index contributed by atoms with van der Waals surface area (Å²) in [6.07, 6.45) is 5.24. The molecule has 2 atom stereocenters. The van der Waals surface area contributed by atoms with Gasteiger partial charge < -0.3 is 35.1 Å². The van der Waals surface area contributed by atoms with Crippen LogP contribution < -0.4 is 25.6 Å². The molecule has 2 heterocycles. The predicted molar refractivity (Wildman–Crippen MR) is 171 cm³/mol. The van der Waals surface area contributed by atoms with Crippen LogP contribution in [0.3, 0.4) is 0 Å². The van der Waals surface area contributed by atoms with Gasteiger partial charge in [-0.05, 0) is 76.1 Å². The molecule has 2 aromatic carbocycles. The number of primary amides is 1. The number of nitrogens with zero attached hydrogens (tertiary/aromatic N) is 2. The Hall–Kier alpha value is -3.47. The minimum atomic E-state index is -0.967. The van der Waals surface area contributed by atoms with Crippen LogP contribution >= 0.6 is 0 Å². The van der Waals surface area contributed by atoms with Crippen LogP contribution in [0, 0.1) is 11.8 Å². The molecule has 0 aromatic heterocycles. The second-order valence-electron chi connectivity index (χ2n) is 12.3. The van der Waals surface area contributed by atoms with Crippen LogP contribution in [0.4, 0.5) is 11.4 Å². The summed E-state index contributed by atoms with van der Waals surface area (Å²) in [6, 6.07) is 16.2. The van der Waals surface area contributed by atoms with Crippen LogP contribution in [-0.2, 0) is 30.3 Å². The summed E-state index contributed by atoms with van der Waals surface area (Å²) in [5, 5.41) is 3.18. The third-order valence-electron chi connectivity index (χ3n) is 8.28. The molecule has 3 N–H and O–H groups in total. The third kappa shape index (κ3) is 8.58. The summed E-state index contributed by atoms with van der Waals surface area (Å²) in [7, 11) is 3.38. The van der Waals surface area contributed by atoms with Crippen LogP contribution in [0.1, 0.15) is 51.5 Å². The van der Waals surface area contributed by atoms with Gasteiger partial charge in [-0.2, -0.15) is 0 Å². The standard InChI is InChI=1S/C24H34N4O5.C10H14O/c1-24(2)23(31)27(9-4-10-32-3)19-12-18(7-8-20(19)33-24)28(17-5-6-17)22(30)16-11-15(21(25)29)13-26-14-16;1-11-9-5-8-10-6-3-2-4-7-10/h7-8,12,15-17,26H,4-6,9-11,13-14H2,1-3H3,(H2,25,29);2-4,6-7H,5,8-9H2,1H3. The lowest BCUT2D eigenvalue weighted by molar-refractivity contribution is -0.132. The number of methoxy groups -OCH3 is 2. The monoisotopic (exact) mass is 608 g/mol. The van der Waals surface area contributed by atoms with Gasteiger partial charge in [0.05, 0.1) is 17.5 Å². The summed E-state index contributed by atoms with van der Waals surface area (Å²) in [4.78, 5) is 42.0. The van der Waals surface area contributed by atoms with Gasteiger partial charge in [-0.25, -0.2) is 0 Å². The number of nitrogens with two attached hydrogens (primary N) is 1. The quantitative estimate of drug-likeness (QED) is 0.352. The number of ether oxygens (including phenoxy) is 3. The zero-order valence-corrected chi connectivity index (χ0v) is 26.6. The Labute approximate surface area is 261 Å². The smallest absolute Gasteiger partial charge is 0.270 e. The average Bonchev–Trinajstić information content (AvgIpc) is 3.86. The van der Waals surface area contributed by atoms with Crippen molar-refractivity contribution in [2.75, 3.05) is 56.9 Å². The van der Waals surface area contributed by atoms with E-state index in [-0.39, 0.29) is 35.6 Å². The maximum atomic E-state index is 13.6. The highest BCUT2D eigenvalue weighted by atomic mass is 16.5. The highest BCUT2D eigenvalue weighted by Gasteiger charge is 2.43. The van der Waals surface area contributed by atoms with Crippen molar-refractivity contribution in [3.8, 4) is 5.75 Å². The van der Waals surface area contributed by atoms with Gasteiger partial charge >= 0.3 is 0 Å². The lowest BCUT2D eigenvalue weighted by Gasteiger charge is -2.39. The summed E-state index contributed by atoms with van der Waals surface area (Å²) < 4.78 is 16.1. The molecule has 3 aliphatic rings. The Bertz CT molecular complexity index is 1270. The van der Waals surface area contributed by atoms with E-state index < -0.39 is 5.60 Å². The van der Waals surface area contributed by atoms with Gasteiger partial charge in [-0.1, -0.05) is 30.3 Å². The number of aryl methyl sites for hydroxylation is 1. The maximum Gasteiger partial charge on any atom is 0.270 e. The lowest BCUT2D eigenvalue weighted by Crippen LogP contribution is -2.53. The number of rotatable bonds is 12. The molecule has 0 bridgehead atoms. The van der Waals surface area contributed by atoms with E-state index in [2.05, 4.69) is 29.6 Å². The van der Waals surface area contributed by atoms with Crippen LogP contribution in [0.2, 0.25) is 0 Å². The van der Waals surface area contributed by atoms with Gasteiger partial charge in [0.15, 0.2) is 5.60 Å². The molecule has 5 rings (SSSR count). The Morgan fingerprint density at radius 2 is 1.70 bits per heavy atom. The minimum absolute atomic E-state index is 0.00906. The van der Waals surface area contributed by atoms with Crippen molar-refractivity contribution in [3.05, 3.63) is 54.1 Å². The zero-order chi connectivity index (χ0) is 31.7. The van der Waals surface area contributed by atoms with Gasteiger partial charge in [0.1, 0.15) is 5.75 Å². The number of hydrogen-bond donors (Lipinski definition) is 2. The summed E-state index contributed by atoms with van der Waals surface area (Å²) >= 11 is 0. The van der Waals surface area contributed by atoms with Crippen LogP contribution in [0.15, 0.2) is 48.5 Å². The van der Waals surface area contributed by atoms with E-state index in [9.17, 15) is 14.4 Å². The molecule has 10 heteroatoms. The molecule has 1 saturated carbocycles. The molecule has 1 aliphatic carbocycles. The van der Waals surface area contributed by atoms with E-state index in [1.165, 1.54) is 5.56 Å². The molecule has 0 radical (unpaired) electrons. The second-order valence-corrected chi connectivity index (χ2v) is 12.3. The first-order valence-corrected chi connectivity index (χ1v) is 15.7. The first-order valence-electron chi connectivity index (χ1n) is 15.7. The zero-order valence-electron chi connectivity index (χ0n) is 26.6. The average molecular weight is 609 g/mol. The molecule has 2 unspecified atom stereocenters. The molecule has 10 nitrogen and oxygen atoms in total. The van der Waals surface area contributed by atoms with Gasteiger partial charge in [0.25, 0.3) is 5.91 Å². The molecule has 2 aliphatic heterocycles. The van der Waals surface area contributed by atoms with E-state index in [0.717, 1.165) is 38.0 Å². The van der Waals surface area contributed by atoms with Crippen molar-refractivity contribution < 1.29 is 28.6 Å². The minimum Gasteiger partial charge on any atom is -0.476 e. The molecule has 2 aromatic rings. The number of anilines is 2. The predicted octanol–water partition coefficient (Wildman–Crippen LogP) is 3.70. The van der Waals surface area contributed by atoms with Crippen molar-refractivity contribution in [1.82, 2.24) is 5.32 Å². The molecule has 3 amide bonds. The normalized spacial score (nSPS) is 20.5. The number of nitrogens with one attached hydrogen (secondary N) is 1. The first-order chi connectivity index (χ1) is 21.2. The molecular weight excluding hydrogens is 560 g/mol. The number of carbonyl (C=O) groups excluding carboxylic acids is 3. The summed E-state index contributed by atoms with van der Waals surface area (Å²) in [5.74, 6) is -0.545. The highest BCUT2D eigenvalue weighted by molar-refractivity contribution is 6.04. The number of hydrogen-bond acceptors (Lipinski definition) is 7. The van der Waals surface area contributed by atoms with Gasteiger partial charge in [-0.15, -0.1) is 0 Å². The Morgan fingerprint density at radius 3 is 2.36 bits per heavy atom. The van der Waals surface area contributed by atoms with Crippen molar-refractivity contribution >= 4 is 29.1 Å². The van der Waals surface area contributed by atoms with Crippen molar-refractivity contribution in [2.45, 2.75) is 64.0 Å². The fraction of sp³-hybridized carbons (Fsp3) is 0.559. The van der Waals surface area contributed by atoms with Crippen molar-refractivity contribution in [2.24, 2.45) is 17.6 Å². The van der Waals surface area contributed by atoms with E-state index >= 15 is 0 Å². The molecule has 1 saturated heterocycles. The van der Waals surface area contributed by atoms with E-state index in [1.807, 2.05) is 29.2 Å². The largest absolute Gasteiger partial charge is 0.476 e. The van der Waals surface area contributed by atoms with Crippen LogP contribution in [0.5, 0.6) is 5.75 Å². The van der Waals surface area contributed by atoms with Gasteiger partial charge in [0.2, 0.25) is 11.8 Å².